The Morgan fingerprint density at radius 3 is 0.845 bits per heavy atom. The number of hydrogen-bond acceptors (Lipinski definition) is 0. The molecule has 0 saturated heterocycles. The van der Waals surface area contributed by atoms with Crippen LogP contribution in [0.4, 0.5) is 0 Å². The lowest BCUT2D eigenvalue weighted by Gasteiger charge is -2.11. The molecule has 84 heavy (non-hydrogen) atoms. The molecule has 0 bridgehead atoms. The lowest BCUT2D eigenvalue weighted by molar-refractivity contribution is -0.633. The predicted molar refractivity (Wildman–Crippen MR) is 358 cm³/mol. The molecule has 0 spiro atoms. The van der Waals surface area contributed by atoms with E-state index in [9.17, 15) is 0 Å². The maximum Gasteiger partial charge on any atom is 0.213 e. The molecule has 4 nitrogen and oxygen atoms in total. The largest absolute Gasteiger partial charge is 0.213 e. The number of nitrogens with zero attached hydrogens (tertiary/aromatic N) is 4. The third-order valence-electron chi connectivity index (χ3n) is 17.5. The zero-order chi connectivity index (χ0) is 60.6. The van der Waals surface area contributed by atoms with Crippen LogP contribution in [0.1, 0.15) is 89.0 Å². The second kappa shape index (κ2) is 24.7. The molecule has 8 aromatic carbocycles. The monoisotopic (exact) mass is 1100 g/mol. The standard InChI is InChI=1S/C21H24N.2C20H22N.C19H20N/c1-13-9-15(3)17(5)19(11-13)20-8-7-18-16(4)10-14(2)12-21(18)22(20)6;1-13-6-7-17-8-9-19(21(5)20(17)12-13)18-11-14(2)10-15(3)16(18)4;1-13-6-7-15(3)18(11-13)19-9-8-17-16(4)10-14(2)12-20(17)21(19)5;1-13-5-7-15(3)17(11-13)18-10-9-16-8-6-14(2)12-19(16)20(18)4/h7-12H,1-6H3;2*6-12H,1-5H3;5-12H,1-4H3/q4*+1. The molecule has 0 aliphatic heterocycles. The average Bonchev–Trinajstić information content (AvgIpc) is 3.58. The van der Waals surface area contributed by atoms with Crippen molar-refractivity contribution in [1.29, 1.82) is 0 Å². The summed E-state index contributed by atoms with van der Waals surface area (Å²) < 4.78 is 9.25. The van der Waals surface area contributed by atoms with E-state index in [1.807, 2.05) is 0 Å². The van der Waals surface area contributed by atoms with Crippen molar-refractivity contribution in [2.45, 2.75) is 111 Å². The first kappa shape index (κ1) is 60.0. The lowest BCUT2D eigenvalue weighted by atomic mass is 9.96. The van der Waals surface area contributed by atoms with Crippen molar-refractivity contribution in [2.75, 3.05) is 0 Å². The van der Waals surface area contributed by atoms with Crippen molar-refractivity contribution in [3.63, 3.8) is 0 Å². The van der Waals surface area contributed by atoms with Gasteiger partial charge in [-0.05, 0) is 238 Å². The topological polar surface area (TPSA) is 15.5 Å². The Morgan fingerprint density at radius 1 is 0.202 bits per heavy atom. The van der Waals surface area contributed by atoms with Gasteiger partial charge in [0.15, 0.2) is 0 Å². The van der Waals surface area contributed by atoms with Crippen molar-refractivity contribution in [2.24, 2.45) is 28.2 Å². The van der Waals surface area contributed by atoms with E-state index in [4.69, 9.17) is 0 Å². The summed E-state index contributed by atoms with van der Waals surface area (Å²) in [4.78, 5) is 0. The Kier molecular flexibility index (Phi) is 17.6. The van der Waals surface area contributed by atoms with E-state index in [1.54, 1.807) is 0 Å². The number of rotatable bonds is 4. The summed E-state index contributed by atoms with van der Waals surface area (Å²) in [5.41, 5.74) is 36.8. The Labute approximate surface area is 502 Å². The molecular formula is C80H88N4+4. The molecule has 424 valence electrons. The van der Waals surface area contributed by atoms with Crippen LogP contribution in [0.5, 0.6) is 0 Å². The number of aromatic nitrogens is 4. The van der Waals surface area contributed by atoms with Gasteiger partial charge in [0.1, 0.15) is 28.2 Å². The van der Waals surface area contributed by atoms with Crippen LogP contribution in [-0.4, -0.2) is 0 Å². The van der Waals surface area contributed by atoms with Crippen molar-refractivity contribution in [3.8, 4) is 45.0 Å². The molecular weight excluding hydrogens is 1020 g/mol. The van der Waals surface area contributed by atoms with Gasteiger partial charge in [0.25, 0.3) is 0 Å². The fourth-order valence-corrected chi connectivity index (χ4v) is 12.4. The zero-order valence-electron chi connectivity index (χ0n) is 54.0. The zero-order valence-corrected chi connectivity index (χ0v) is 54.0. The molecule has 0 radical (unpaired) electrons. The Balaban J connectivity index is 0.000000134. The molecule has 12 rings (SSSR count). The Bertz CT molecular complexity index is 4530. The van der Waals surface area contributed by atoms with E-state index in [-0.39, 0.29) is 0 Å². The van der Waals surface area contributed by atoms with Gasteiger partial charge in [-0.3, -0.25) is 0 Å². The van der Waals surface area contributed by atoms with Crippen molar-refractivity contribution >= 4 is 43.6 Å². The minimum absolute atomic E-state index is 1.27. The highest BCUT2D eigenvalue weighted by atomic mass is 15.0. The molecule has 0 aliphatic carbocycles. The van der Waals surface area contributed by atoms with Gasteiger partial charge in [-0.25, -0.2) is 0 Å². The molecule has 4 aromatic heterocycles. The number of pyridine rings is 4. The number of fused-ring (bicyclic) bond motifs is 4. The van der Waals surface area contributed by atoms with Gasteiger partial charge in [-0.15, -0.1) is 0 Å². The van der Waals surface area contributed by atoms with Gasteiger partial charge >= 0.3 is 0 Å². The average molecular weight is 1110 g/mol. The van der Waals surface area contributed by atoms with Crippen LogP contribution in [0.2, 0.25) is 0 Å². The summed E-state index contributed by atoms with van der Waals surface area (Å²) in [5.74, 6) is 0. The molecule has 12 aromatic rings. The summed E-state index contributed by atoms with van der Waals surface area (Å²) >= 11 is 0. The fourth-order valence-electron chi connectivity index (χ4n) is 12.4. The molecule has 4 heterocycles. The molecule has 0 unspecified atom stereocenters. The van der Waals surface area contributed by atoms with Crippen molar-refractivity contribution in [1.82, 2.24) is 0 Å². The van der Waals surface area contributed by atoms with Crippen molar-refractivity contribution in [3.05, 3.63) is 259 Å². The van der Waals surface area contributed by atoms with E-state index < -0.39 is 0 Å². The smallest absolute Gasteiger partial charge is 0.194 e. The number of aryl methyl sites for hydroxylation is 18. The van der Waals surface area contributed by atoms with Crippen LogP contribution in [0, 0.1) is 111 Å². The van der Waals surface area contributed by atoms with Gasteiger partial charge < -0.3 is 0 Å². The minimum Gasteiger partial charge on any atom is -0.194 e. The maximum absolute atomic E-state index is 2.33. The Hall–Kier alpha value is -8.60. The second-order valence-electron chi connectivity index (χ2n) is 24.4. The second-order valence-corrected chi connectivity index (χ2v) is 24.4. The molecule has 0 fully saturated rings. The number of hydrogen-bond donors (Lipinski definition) is 0. The van der Waals surface area contributed by atoms with E-state index in [2.05, 4.69) is 327 Å². The first-order valence-corrected chi connectivity index (χ1v) is 29.8. The van der Waals surface area contributed by atoms with Gasteiger partial charge in [0.05, 0.1) is 0 Å². The molecule has 0 amide bonds. The number of benzene rings is 8. The van der Waals surface area contributed by atoms with Gasteiger partial charge in [-0.2, -0.15) is 18.3 Å². The van der Waals surface area contributed by atoms with Crippen LogP contribution in [-0.2, 0) is 28.2 Å². The summed E-state index contributed by atoms with van der Waals surface area (Å²) in [6.07, 6.45) is 0. The normalized spacial score (nSPS) is 11.1. The van der Waals surface area contributed by atoms with E-state index in [1.165, 1.54) is 178 Å². The third kappa shape index (κ3) is 12.5. The van der Waals surface area contributed by atoms with Crippen LogP contribution in [0.25, 0.3) is 88.6 Å². The summed E-state index contributed by atoms with van der Waals surface area (Å²) in [6.45, 7) is 34.8. The maximum atomic E-state index is 2.33. The summed E-state index contributed by atoms with van der Waals surface area (Å²) in [6, 6.07) is 62.6. The quantitative estimate of drug-likeness (QED) is 0.156. The van der Waals surface area contributed by atoms with E-state index in [0.717, 1.165) is 0 Å². The van der Waals surface area contributed by atoms with Crippen LogP contribution < -0.4 is 18.3 Å². The highest BCUT2D eigenvalue weighted by molar-refractivity contribution is 5.84. The van der Waals surface area contributed by atoms with Crippen LogP contribution in [0.15, 0.2) is 170 Å². The van der Waals surface area contributed by atoms with Gasteiger partial charge in [0, 0.05) is 92.3 Å². The van der Waals surface area contributed by atoms with Crippen LogP contribution >= 0.6 is 0 Å². The minimum atomic E-state index is 1.27. The molecule has 0 saturated carbocycles. The SMILES string of the molecule is Cc1cc(C)c(C)c(-c2ccc3c(C)cc(C)cc3[n+]2C)c1.Cc1cc(C)c(C)c(-c2ccc3ccc(C)cc3[n+]2C)c1.Cc1ccc(C)c(-c2ccc3c(C)cc(C)cc3[n+]2C)c1.Cc1ccc(C)c(-c2ccc3ccc(C)cc3[n+]2C)c1. The molecule has 4 heteroatoms. The summed E-state index contributed by atoms with van der Waals surface area (Å²) in [7, 11) is 8.65. The fraction of sp³-hybridized carbons (Fsp3) is 0.250. The predicted octanol–water partition coefficient (Wildman–Crippen LogP) is 18.3. The van der Waals surface area contributed by atoms with E-state index in [0.29, 0.717) is 0 Å². The van der Waals surface area contributed by atoms with Crippen LogP contribution in [0.3, 0.4) is 0 Å². The highest BCUT2D eigenvalue weighted by Crippen LogP contribution is 2.31. The molecule has 0 atom stereocenters. The molecule has 0 aliphatic rings. The Morgan fingerprint density at radius 2 is 0.464 bits per heavy atom. The van der Waals surface area contributed by atoms with Gasteiger partial charge in [-0.1, -0.05) is 82.9 Å². The van der Waals surface area contributed by atoms with Crippen molar-refractivity contribution < 1.29 is 18.3 Å². The third-order valence-corrected chi connectivity index (χ3v) is 17.5. The first-order chi connectivity index (χ1) is 39.9. The first-order valence-electron chi connectivity index (χ1n) is 29.8. The molecule has 0 N–H and O–H groups in total. The van der Waals surface area contributed by atoms with Gasteiger partial charge in [0.2, 0.25) is 44.8 Å². The highest BCUT2D eigenvalue weighted by Gasteiger charge is 2.22. The summed E-state index contributed by atoms with van der Waals surface area (Å²) in [5, 5.41) is 5.23. The van der Waals surface area contributed by atoms with E-state index >= 15 is 0 Å². The lowest BCUT2D eigenvalue weighted by Crippen LogP contribution is -2.32.